The van der Waals surface area contributed by atoms with E-state index in [1.807, 2.05) is 0 Å². The fourth-order valence-corrected chi connectivity index (χ4v) is 4.28. The first-order valence-electron chi connectivity index (χ1n) is 7.44. The lowest BCUT2D eigenvalue weighted by molar-refractivity contribution is -0.144. The lowest BCUT2D eigenvalue weighted by Crippen LogP contribution is -2.42. The molecule has 1 saturated heterocycles. The van der Waals surface area contributed by atoms with Crippen LogP contribution in [-0.4, -0.2) is 28.6 Å². The largest absolute Gasteiger partial charge is 0.480 e. The van der Waals surface area contributed by atoms with Crippen LogP contribution < -0.4 is 0 Å². The molecule has 4 heteroatoms. The molecule has 3 rings (SSSR count). The highest BCUT2D eigenvalue weighted by Gasteiger charge is 2.36. The number of benzene rings is 1. The van der Waals surface area contributed by atoms with Crippen molar-refractivity contribution in [3.63, 3.8) is 0 Å². The summed E-state index contributed by atoms with van der Waals surface area (Å²) in [5.74, 6) is -0.657. The number of carbonyl (C=O) groups is 1. The molecule has 20 heavy (non-hydrogen) atoms. The Labute approximate surface area is 128 Å². The first-order chi connectivity index (χ1) is 9.68. The standard InChI is InChI=1S/C16H20BrNO2/c17-13-6-4-5-12-11(13)8-9-14(12)18-10-3-1-2-7-15(18)16(19)20/h4-6,14-15H,1-3,7-10H2,(H,19,20). The highest BCUT2D eigenvalue weighted by atomic mass is 79.9. The average molecular weight is 338 g/mol. The summed E-state index contributed by atoms with van der Waals surface area (Å²) in [6.45, 7) is 0.910. The lowest BCUT2D eigenvalue weighted by Gasteiger charge is -2.33. The molecule has 2 atom stereocenters. The third-order valence-electron chi connectivity index (χ3n) is 4.66. The number of rotatable bonds is 2. The molecule has 2 unspecified atom stereocenters. The van der Waals surface area contributed by atoms with Crippen LogP contribution in [0.15, 0.2) is 22.7 Å². The van der Waals surface area contributed by atoms with Gasteiger partial charge in [0.2, 0.25) is 0 Å². The maximum Gasteiger partial charge on any atom is 0.320 e. The third kappa shape index (κ3) is 2.51. The van der Waals surface area contributed by atoms with Gasteiger partial charge in [-0.05, 0) is 49.4 Å². The first-order valence-corrected chi connectivity index (χ1v) is 8.23. The van der Waals surface area contributed by atoms with Crippen molar-refractivity contribution >= 4 is 21.9 Å². The Hall–Kier alpha value is -0.870. The van der Waals surface area contributed by atoms with Crippen LogP contribution in [-0.2, 0) is 11.2 Å². The monoisotopic (exact) mass is 337 g/mol. The van der Waals surface area contributed by atoms with Crippen molar-refractivity contribution in [3.05, 3.63) is 33.8 Å². The Kier molecular flexibility index (Phi) is 4.13. The smallest absolute Gasteiger partial charge is 0.320 e. The molecule has 1 N–H and O–H groups in total. The molecule has 1 aromatic rings. The normalized spacial score (nSPS) is 27.1. The molecule has 108 valence electrons. The number of carboxylic acids is 1. The van der Waals surface area contributed by atoms with Crippen LogP contribution in [0.25, 0.3) is 0 Å². The summed E-state index contributed by atoms with van der Waals surface area (Å²) in [4.78, 5) is 13.8. The van der Waals surface area contributed by atoms with E-state index in [1.54, 1.807) is 0 Å². The quantitative estimate of drug-likeness (QED) is 0.892. The minimum atomic E-state index is -0.657. The Morgan fingerprint density at radius 2 is 2.10 bits per heavy atom. The maximum absolute atomic E-state index is 11.6. The van der Waals surface area contributed by atoms with E-state index in [-0.39, 0.29) is 12.1 Å². The van der Waals surface area contributed by atoms with Crippen LogP contribution >= 0.6 is 15.9 Å². The van der Waals surface area contributed by atoms with Crippen LogP contribution in [0.1, 0.15) is 49.3 Å². The fourth-order valence-electron chi connectivity index (χ4n) is 3.70. The molecule has 0 aromatic heterocycles. The van der Waals surface area contributed by atoms with Gasteiger partial charge < -0.3 is 5.11 Å². The molecule has 2 aliphatic rings. The van der Waals surface area contributed by atoms with Crippen LogP contribution in [0.2, 0.25) is 0 Å². The summed E-state index contributed by atoms with van der Waals surface area (Å²) in [6, 6.07) is 6.28. The first kappa shape index (κ1) is 14.1. The van der Waals surface area contributed by atoms with Gasteiger partial charge in [0.15, 0.2) is 0 Å². The van der Waals surface area contributed by atoms with Crippen molar-refractivity contribution in [1.82, 2.24) is 4.90 Å². The SMILES string of the molecule is O=C(O)C1CCCCCN1C1CCc2c(Br)cccc21. The van der Waals surface area contributed by atoms with Gasteiger partial charge in [-0.3, -0.25) is 9.69 Å². The molecule has 3 nitrogen and oxygen atoms in total. The highest BCUT2D eigenvalue weighted by Crippen LogP contribution is 2.41. The van der Waals surface area contributed by atoms with E-state index in [2.05, 4.69) is 39.0 Å². The molecule has 0 amide bonds. The lowest BCUT2D eigenvalue weighted by atomic mass is 10.0. The van der Waals surface area contributed by atoms with Crippen molar-refractivity contribution in [2.45, 2.75) is 50.6 Å². The Morgan fingerprint density at radius 3 is 2.90 bits per heavy atom. The zero-order chi connectivity index (χ0) is 14.1. The van der Waals surface area contributed by atoms with Crippen molar-refractivity contribution < 1.29 is 9.90 Å². The second-order valence-electron chi connectivity index (χ2n) is 5.80. The average Bonchev–Trinajstić information content (AvgIpc) is 2.70. The second kappa shape index (κ2) is 5.86. The summed E-state index contributed by atoms with van der Waals surface area (Å²) in [6.07, 6.45) is 6.18. The summed E-state index contributed by atoms with van der Waals surface area (Å²) < 4.78 is 1.17. The van der Waals surface area contributed by atoms with Gasteiger partial charge in [0.25, 0.3) is 0 Å². The van der Waals surface area contributed by atoms with Crippen LogP contribution in [0.4, 0.5) is 0 Å². The van der Waals surface area contributed by atoms with Crippen molar-refractivity contribution in [2.24, 2.45) is 0 Å². The van der Waals surface area contributed by atoms with Gasteiger partial charge in [0.1, 0.15) is 6.04 Å². The van der Waals surface area contributed by atoms with E-state index in [1.165, 1.54) is 15.6 Å². The van der Waals surface area contributed by atoms with Crippen LogP contribution in [0, 0.1) is 0 Å². The van der Waals surface area contributed by atoms with E-state index in [9.17, 15) is 9.90 Å². The highest BCUT2D eigenvalue weighted by molar-refractivity contribution is 9.10. The Balaban J connectivity index is 1.92. The summed E-state index contributed by atoms with van der Waals surface area (Å²) in [5.41, 5.74) is 2.69. The molecule has 1 heterocycles. The van der Waals surface area contributed by atoms with Gasteiger partial charge in [-0.25, -0.2) is 0 Å². The number of aliphatic carboxylic acids is 1. The van der Waals surface area contributed by atoms with Gasteiger partial charge in [0.05, 0.1) is 0 Å². The van der Waals surface area contributed by atoms with Gasteiger partial charge in [0, 0.05) is 10.5 Å². The minimum absolute atomic E-state index is 0.279. The van der Waals surface area contributed by atoms with Crippen LogP contribution in [0.3, 0.4) is 0 Å². The predicted octanol–water partition coefficient (Wildman–Crippen LogP) is 3.77. The van der Waals surface area contributed by atoms with E-state index in [0.29, 0.717) is 0 Å². The van der Waals surface area contributed by atoms with Crippen LogP contribution in [0.5, 0.6) is 0 Å². The summed E-state index contributed by atoms with van der Waals surface area (Å²) in [7, 11) is 0. The molecule has 1 fully saturated rings. The van der Waals surface area contributed by atoms with Gasteiger partial charge in [-0.1, -0.05) is 40.9 Å². The second-order valence-corrected chi connectivity index (χ2v) is 6.66. The fraction of sp³-hybridized carbons (Fsp3) is 0.562. The Morgan fingerprint density at radius 1 is 1.25 bits per heavy atom. The zero-order valence-electron chi connectivity index (χ0n) is 11.5. The summed E-state index contributed by atoms with van der Waals surface area (Å²) in [5, 5.41) is 9.55. The van der Waals surface area contributed by atoms with Gasteiger partial charge >= 0.3 is 5.97 Å². The molecule has 0 bridgehead atoms. The maximum atomic E-state index is 11.6. The van der Waals surface area contributed by atoms with E-state index in [4.69, 9.17) is 0 Å². The van der Waals surface area contributed by atoms with Crippen molar-refractivity contribution in [2.75, 3.05) is 6.54 Å². The molecular weight excluding hydrogens is 318 g/mol. The number of halogens is 1. The molecule has 0 radical (unpaired) electrons. The van der Waals surface area contributed by atoms with Gasteiger partial charge in [-0.15, -0.1) is 0 Å². The van der Waals surface area contributed by atoms with E-state index < -0.39 is 5.97 Å². The predicted molar refractivity (Wildman–Crippen MR) is 81.8 cm³/mol. The zero-order valence-corrected chi connectivity index (χ0v) is 13.1. The molecule has 1 aliphatic carbocycles. The topological polar surface area (TPSA) is 40.5 Å². The molecule has 1 aliphatic heterocycles. The molecular formula is C16H20BrNO2. The van der Waals surface area contributed by atoms with Crippen molar-refractivity contribution in [3.8, 4) is 0 Å². The molecule has 0 spiro atoms. The van der Waals surface area contributed by atoms with Gasteiger partial charge in [-0.2, -0.15) is 0 Å². The third-order valence-corrected chi connectivity index (χ3v) is 5.40. The molecule has 0 saturated carbocycles. The van der Waals surface area contributed by atoms with E-state index >= 15 is 0 Å². The number of likely N-dealkylation sites (tertiary alicyclic amines) is 1. The molecule has 1 aromatic carbocycles. The minimum Gasteiger partial charge on any atom is -0.480 e. The number of hydrogen-bond donors (Lipinski definition) is 1. The van der Waals surface area contributed by atoms with E-state index in [0.717, 1.165) is 45.1 Å². The number of fused-ring (bicyclic) bond motifs is 1. The number of nitrogens with zero attached hydrogens (tertiary/aromatic N) is 1. The number of hydrogen-bond acceptors (Lipinski definition) is 2. The number of carboxylic acid groups (broad SMARTS) is 1. The Bertz CT molecular complexity index is 517. The van der Waals surface area contributed by atoms with Crippen molar-refractivity contribution in [1.29, 1.82) is 0 Å². The summed E-state index contributed by atoms with van der Waals surface area (Å²) >= 11 is 3.62.